The van der Waals surface area contributed by atoms with E-state index in [2.05, 4.69) is 76.0 Å². The van der Waals surface area contributed by atoms with Gasteiger partial charge in [0, 0.05) is 24.0 Å². The Morgan fingerprint density at radius 2 is 1.72 bits per heavy atom. The summed E-state index contributed by atoms with van der Waals surface area (Å²) in [6, 6.07) is 23.0. The molecule has 0 radical (unpaired) electrons. The first-order chi connectivity index (χ1) is 12.4. The van der Waals surface area contributed by atoms with Crippen LogP contribution < -0.4 is 4.90 Å². The molecule has 5 rings (SSSR count). The fourth-order valence-electron chi connectivity index (χ4n) is 3.83. The van der Waals surface area contributed by atoms with E-state index in [1.165, 1.54) is 11.3 Å². The average Bonchev–Trinajstić information content (AvgIpc) is 3.07. The Morgan fingerprint density at radius 3 is 2.56 bits per heavy atom. The third-order valence-corrected chi connectivity index (χ3v) is 4.88. The summed E-state index contributed by atoms with van der Waals surface area (Å²) in [5.74, 6) is 1.01. The number of imidazole rings is 1. The summed E-state index contributed by atoms with van der Waals surface area (Å²) < 4.78 is 2.32. The Balaban J connectivity index is 1.89. The van der Waals surface area contributed by atoms with E-state index in [1.54, 1.807) is 0 Å². The molecule has 0 bridgehead atoms. The first-order valence-corrected chi connectivity index (χ1v) is 8.62. The Hall–Kier alpha value is -3.14. The van der Waals surface area contributed by atoms with Gasteiger partial charge in [-0.2, -0.15) is 0 Å². The summed E-state index contributed by atoms with van der Waals surface area (Å²) in [5, 5.41) is 0. The summed E-state index contributed by atoms with van der Waals surface area (Å²) in [4.78, 5) is 12.0. The van der Waals surface area contributed by atoms with Crippen molar-refractivity contribution in [3.8, 4) is 11.4 Å². The molecule has 0 saturated heterocycles. The molecule has 4 aromatic rings. The van der Waals surface area contributed by atoms with Crippen LogP contribution in [0.2, 0.25) is 0 Å². The van der Waals surface area contributed by atoms with E-state index >= 15 is 0 Å². The van der Waals surface area contributed by atoms with Gasteiger partial charge in [0.15, 0.2) is 6.17 Å². The maximum Gasteiger partial charge on any atom is 0.151 e. The fraction of sp³-hybridized carbons (Fsp3) is 0.143. The van der Waals surface area contributed by atoms with Crippen LogP contribution >= 0.6 is 0 Å². The van der Waals surface area contributed by atoms with Gasteiger partial charge in [-0.25, -0.2) is 4.98 Å². The van der Waals surface area contributed by atoms with Crippen LogP contribution in [0.3, 0.4) is 0 Å². The minimum absolute atomic E-state index is 0.00324. The van der Waals surface area contributed by atoms with Gasteiger partial charge in [-0.1, -0.05) is 30.3 Å². The highest BCUT2D eigenvalue weighted by Crippen LogP contribution is 2.43. The van der Waals surface area contributed by atoms with E-state index in [4.69, 9.17) is 4.98 Å². The number of benzene rings is 2. The molecule has 0 N–H and O–H groups in total. The number of pyridine rings is 1. The normalized spacial score (nSPS) is 15.9. The molecule has 122 valence electrons. The quantitative estimate of drug-likeness (QED) is 0.544. The highest BCUT2D eigenvalue weighted by atomic mass is 15.3. The first kappa shape index (κ1) is 14.2. The van der Waals surface area contributed by atoms with Gasteiger partial charge in [-0.3, -0.25) is 9.55 Å². The SMILES string of the molecule is CCN1c2ccccc2-c2nc3ccccc3n2[C@H]1c1ccccn1. The number of para-hydroxylation sites is 3. The second-order valence-corrected chi connectivity index (χ2v) is 6.23. The second-order valence-electron chi connectivity index (χ2n) is 6.23. The van der Waals surface area contributed by atoms with Crippen molar-refractivity contribution < 1.29 is 0 Å². The zero-order valence-electron chi connectivity index (χ0n) is 14.0. The predicted octanol–water partition coefficient (Wildman–Crippen LogP) is 4.49. The van der Waals surface area contributed by atoms with Crippen LogP contribution in [0, 0.1) is 0 Å². The fourth-order valence-corrected chi connectivity index (χ4v) is 3.83. The lowest BCUT2D eigenvalue weighted by atomic mass is 10.1. The van der Waals surface area contributed by atoms with Crippen LogP contribution in [0.15, 0.2) is 72.9 Å². The van der Waals surface area contributed by atoms with Gasteiger partial charge >= 0.3 is 0 Å². The molecule has 0 aliphatic carbocycles. The van der Waals surface area contributed by atoms with Gasteiger partial charge in [0.25, 0.3) is 0 Å². The molecule has 0 spiro atoms. The number of fused-ring (bicyclic) bond motifs is 5. The van der Waals surface area contributed by atoms with Gasteiger partial charge in [0.1, 0.15) is 5.82 Å². The average molecular weight is 326 g/mol. The smallest absolute Gasteiger partial charge is 0.151 e. The van der Waals surface area contributed by atoms with Crippen LogP contribution in [-0.2, 0) is 0 Å². The van der Waals surface area contributed by atoms with E-state index in [0.717, 1.165) is 29.1 Å². The zero-order chi connectivity index (χ0) is 16.8. The van der Waals surface area contributed by atoms with E-state index in [0.29, 0.717) is 0 Å². The molecular weight excluding hydrogens is 308 g/mol. The predicted molar refractivity (Wildman–Crippen MR) is 101 cm³/mol. The van der Waals surface area contributed by atoms with Crippen LogP contribution in [0.5, 0.6) is 0 Å². The van der Waals surface area contributed by atoms with Gasteiger partial charge < -0.3 is 4.90 Å². The summed E-state index contributed by atoms with van der Waals surface area (Å²) >= 11 is 0. The molecule has 1 aliphatic heterocycles. The Kier molecular flexibility index (Phi) is 3.10. The number of hydrogen-bond acceptors (Lipinski definition) is 3. The maximum absolute atomic E-state index is 4.95. The van der Waals surface area contributed by atoms with Crippen LogP contribution in [-0.4, -0.2) is 21.1 Å². The number of hydrogen-bond donors (Lipinski definition) is 0. The number of nitrogens with zero attached hydrogens (tertiary/aromatic N) is 4. The van der Waals surface area contributed by atoms with Crippen LogP contribution in [0.1, 0.15) is 18.8 Å². The molecule has 1 atom stereocenters. The lowest BCUT2D eigenvalue weighted by molar-refractivity contribution is 0.542. The molecule has 2 aromatic heterocycles. The van der Waals surface area contributed by atoms with Crippen LogP contribution in [0.25, 0.3) is 22.4 Å². The minimum Gasteiger partial charge on any atom is -0.345 e. The maximum atomic E-state index is 4.95. The molecule has 4 nitrogen and oxygen atoms in total. The Bertz CT molecular complexity index is 1050. The standard InChI is InChI=1S/C21H18N4/c1-2-24-18-12-5-3-9-15(18)20-23-16-10-4-6-13-19(16)25(20)21(24)17-11-7-8-14-22-17/h3-14,21H,2H2,1H3/t21-/m0/s1. The van der Waals surface area contributed by atoms with Crippen molar-refractivity contribution in [2.24, 2.45) is 0 Å². The molecule has 0 fully saturated rings. The first-order valence-electron chi connectivity index (χ1n) is 8.62. The van der Waals surface area contributed by atoms with Crippen molar-refractivity contribution in [2.45, 2.75) is 13.1 Å². The molecular formula is C21H18N4. The lowest BCUT2D eigenvalue weighted by Crippen LogP contribution is -2.37. The Morgan fingerprint density at radius 1 is 0.920 bits per heavy atom. The molecule has 0 saturated carbocycles. The topological polar surface area (TPSA) is 34.0 Å². The third kappa shape index (κ3) is 2.00. The Labute approximate surface area is 146 Å². The largest absolute Gasteiger partial charge is 0.345 e. The summed E-state index contributed by atoms with van der Waals surface area (Å²) in [6.45, 7) is 3.08. The molecule has 0 unspecified atom stereocenters. The van der Waals surface area contributed by atoms with Crippen molar-refractivity contribution in [2.75, 3.05) is 11.4 Å². The van der Waals surface area contributed by atoms with Crippen molar-refractivity contribution in [3.05, 3.63) is 78.6 Å². The summed E-state index contributed by atoms with van der Waals surface area (Å²) in [6.07, 6.45) is 1.87. The van der Waals surface area contributed by atoms with Crippen molar-refractivity contribution in [1.29, 1.82) is 0 Å². The van der Waals surface area contributed by atoms with Crippen molar-refractivity contribution in [1.82, 2.24) is 14.5 Å². The van der Waals surface area contributed by atoms with Gasteiger partial charge in [-0.05, 0) is 43.3 Å². The molecule has 1 aliphatic rings. The molecule has 25 heavy (non-hydrogen) atoms. The van der Waals surface area contributed by atoms with Gasteiger partial charge in [0.05, 0.1) is 16.7 Å². The van der Waals surface area contributed by atoms with Crippen molar-refractivity contribution in [3.63, 3.8) is 0 Å². The van der Waals surface area contributed by atoms with Gasteiger partial charge in [-0.15, -0.1) is 0 Å². The molecule has 4 heteroatoms. The number of aromatic nitrogens is 3. The zero-order valence-corrected chi connectivity index (χ0v) is 14.0. The van der Waals surface area contributed by atoms with E-state index < -0.39 is 0 Å². The number of rotatable bonds is 2. The van der Waals surface area contributed by atoms with Crippen molar-refractivity contribution >= 4 is 16.7 Å². The highest BCUT2D eigenvalue weighted by molar-refractivity contribution is 5.87. The molecule has 3 heterocycles. The summed E-state index contributed by atoms with van der Waals surface area (Å²) in [5.41, 5.74) is 5.58. The van der Waals surface area contributed by atoms with E-state index in [1.807, 2.05) is 18.3 Å². The minimum atomic E-state index is 0.00324. The van der Waals surface area contributed by atoms with Gasteiger partial charge in [0.2, 0.25) is 0 Å². The highest BCUT2D eigenvalue weighted by Gasteiger charge is 2.33. The van der Waals surface area contributed by atoms with Crippen LogP contribution in [0.4, 0.5) is 5.69 Å². The second kappa shape index (κ2) is 5.45. The lowest BCUT2D eigenvalue weighted by Gasteiger charge is -2.39. The van der Waals surface area contributed by atoms with E-state index in [-0.39, 0.29) is 6.17 Å². The number of anilines is 1. The monoisotopic (exact) mass is 326 g/mol. The third-order valence-electron chi connectivity index (χ3n) is 4.88. The molecule has 2 aromatic carbocycles. The molecule has 0 amide bonds. The summed E-state index contributed by atoms with van der Waals surface area (Å²) in [7, 11) is 0. The van der Waals surface area contributed by atoms with E-state index in [9.17, 15) is 0 Å².